The molecule has 0 saturated carbocycles. The van der Waals surface area contributed by atoms with E-state index in [1.165, 1.54) is 12.8 Å². The molecule has 4 saturated heterocycles. The monoisotopic (exact) mass is 597 g/mol. The van der Waals surface area contributed by atoms with E-state index in [4.69, 9.17) is 14.7 Å². The van der Waals surface area contributed by atoms with E-state index in [1.54, 1.807) is 18.2 Å². The number of piperazine rings is 1. The summed E-state index contributed by atoms with van der Waals surface area (Å²) in [5.74, 6) is 0.386. The molecule has 2 bridgehead atoms. The summed E-state index contributed by atoms with van der Waals surface area (Å²) in [6, 6.07) is 15.8. The number of fused-ring (bicyclic) bond motifs is 5. The number of aromatic hydroxyl groups is 1. The summed E-state index contributed by atoms with van der Waals surface area (Å²) in [7, 11) is 0. The predicted molar refractivity (Wildman–Crippen MR) is 170 cm³/mol. The second-order valence-corrected chi connectivity index (χ2v) is 13.2. The van der Waals surface area contributed by atoms with Crippen LogP contribution in [-0.4, -0.2) is 93.5 Å². The molecule has 3 aromatic carbocycles. The van der Waals surface area contributed by atoms with Gasteiger partial charge in [0.15, 0.2) is 5.82 Å². The second-order valence-electron chi connectivity index (χ2n) is 13.2. The molecule has 5 heterocycles. The number of phenolic OH excluding ortho intramolecular Hbond substituents is 1. The third-order valence-electron chi connectivity index (χ3n) is 10.7. The summed E-state index contributed by atoms with van der Waals surface area (Å²) in [6.07, 6.45) is 7.56. The zero-order valence-corrected chi connectivity index (χ0v) is 25.1. The first kappa shape index (κ1) is 28.0. The number of rotatable bonds is 8. The highest BCUT2D eigenvalue weighted by molar-refractivity contribution is 6.01. The molecule has 1 aromatic heterocycles. The van der Waals surface area contributed by atoms with Crippen LogP contribution in [0.3, 0.4) is 0 Å². The van der Waals surface area contributed by atoms with Gasteiger partial charge in [-0.05, 0) is 92.6 Å². The molecule has 8 rings (SSSR count). The Hall–Kier alpha value is -3.53. The molecule has 4 fully saturated rings. The first-order valence-corrected chi connectivity index (χ1v) is 16.2. The minimum absolute atomic E-state index is 0.0246. The van der Waals surface area contributed by atoms with Crippen LogP contribution in [-0.2, 0) is 0 Å². The molecule has 44 heavy (non-hydrogen) atoms. The van der Waals surface area contributed by atoms with Crippen molar-refractivity contribution < 1.29 is 19.3 Å². The molecular formula is C35H40FN5O3. The maximum Gasteiger partial charge on any atom is 0.319 e. The molecule has 0 spiro atoms. The van der Waals surface area contributed by atoms with Crippen molar-refractivity contribution in [2.45, 2.75) is 62.6 Å². The van der Waals surface area contributed by atoms with Crippen LogP contribution in [0, 0.1) is 5.82 Å². The molecular weight excluding hydrogens is 557 g/mol. The molecule has 4 aliphatic heterocycles. The maximum absolute atomic E-state index is 16.8. The standard InChI is InChI=1S/C35H40FN5O3/c36-31-28(30-19-26(43)18-23-6-1-2-7-27(23)30)10-11-29-32(31)37-34(44-22-35-12-3-14-40(35)15-4-13-35)38-33(29)39-20-24-8-9-25(21-39)41(24)16-5-17-42/h1-2,6-7,10-11,18-19,24-25,42-43H,3-5,8-9,12-17,20-22H2. The van der Waals surface area contributed by atoms with E-state index in [-0.39, 0.29) is 29.4 Å². The van der Waals surface area contributed by atoms with Crippen molar-refractivity contribution in [3.8, 4) is 22.9 Å². The molecule has 0 aliphatic carbocycles. The topological polar surface area (TPSA) is 85.2 Å². The van der Waals surface area contributed by atoms with Gasteiger partial charge >= 0.3 is 6.01 Å². The number of anilines is 1. The van der Waals surface area contributed by atoms with Gasteiger partial charge in [-0.3, -0.25) is 9.80 Å². The van der Waals surface area contributed by atoms with Crippen molar-refractivity contribution in [1.29, 1.82) is 0 Å². The Morgan fingerprint density at radius 3 is 2.48 bits per heavy atom. The molecule has 4 aliphatic rings. The van der Waals surface area contributed by atoms with Crippen molar-refractivity contribution in [2.75, 3.05) is 50.8 Å². The Kier molecular flexibility index (Phi) is 7.07. The molecule has 2 atom stereocenters. The zero-order chi connectivity index (χ0) is 29.8. The van der Waals surface area contributed by atoms with Gasteiger partial charge in [-0.2, -0.15) is 9.97 Å². The fraction of sp³-hybridized carbons (Fsp3) is 0.486. The van der Waals surface area contributed by atoms with E-state index >= 15 is 4.39 Å². The molecule has 8 nitrogen and oxygen atoms in total. The largest absolute Gasteiger partial charge is 0.508 e. The number of halogens is 1. The predicted octanol–water partition coefficient (Wildman–Crippen LogP) is 5.34. The number of ether oxygens (including phenoxy) is 1. The lowest BCUT2D eigenvalue weighted by Gasteiger charge is -2.42. The Morgan fingerprint density at radius 1 is 0.932 bits per heavy atom. The van der Waals surface area contributed by atoms with Crippen LogP contribution in [0.1, 0.15) is 44.9 Å². The summed E-state index contributed by atoms with van der Waals surface area (Å²) in [6.45, 7) is 5.41. The summed E-state index contributed by atoms with van der Waals surface area (Å²) in [5, 5.41) is 22.3. The zero-order valence-electron chi connectivity index (χ0n) is 25.1. The third-order valence-corrected chi connectivity index (χ3v) is 10.7. The Morgan fingerprint density at radius 2 is 1.70 bits per heavy atom. The smallest absolute Gasteiger partial charge is 0.319 e. The van der Waals surface area contributed by atoms with Crippen molar-refractivity contribution in [2.24, 2.45) is 0 Å². The van der Waals surface area contributed by atoms with Crippen LogP contribution >= 0.6 is 0 Å². The normalized spacial score (nSPS) is 23.2. The lowest BCUT2D eigenvalue weighted by molar-refractivity contribution is 0.107. The highest BCUT2D eigenvalue weighted by Crippen LogP contribution is 2.42. The molecule has 4 aromatic rings. The van der Waals surface area contributed by atoms with Gasteiger partial charge in [-0.1, -0.05) is 30.3 Å². The average Bonchev–Trinajstić information content (AvgIpc) is 3.68. The molecule has 0 radical (unpaired) electrons. The van der Waals surface area contributed by atoms with Crippen molar-refractivity contribution in [1.82, 2.24) is 19.8 Å². The molecule has 2 unspecified atom stereocenters. The number of nitrogens with zero attached hydrogens (tertiary/aromatic N) is 5. The van der Waals surface area contributed by atoms with E-state index < -0.39 is 5.82 Å². The molecule has 2 N–H and O–H groups in total. The Labute approximate surface area is 257 Å². The SMILES string of the molecule is OCCCN1C2CCC1CN(c1nc(OCC34CCCN3CCC4)nc3c(F)c(-c4cc(O)cc5ccccc45)ccc13)C2. The minimum atomic E-state index is -0.433. The van der Waals surface area contributed by atoms with Crippen molar-refractivity contribution in [3.05, 3.63) is 54.3 Å². The number of hydrogen-bond acceptors (Lipinski definition) is 8. The second kappa shape index (κ2) is 11.1. The fourth-order valence-corrected chi connectivity index (χ4v) is 8.60. The Bertz CT molecular complexity index is 1690. The lowest BCUT2D eigenvalue weighted by Crippen LogP contribution is -2.54. The fourth-order valence-electron chi connectivity index (χ4n) is 8.60. The number of aliphatic hydroxyl groups excluding tert-OH is 1. The summed E-state index contributed by atoms with van der Waals surface area (Å²) in [5.41, 5.74) is 1.30. The van der Waals surface area contributed by atoms with Crippen LogP contribution in [0.4, 0.5) is 10.2 Å². The number of phenols is 1. The van der Waals surface area contributed by atoms with Gasteiger partial charge in [-0.25, -0.2) is 4.39 Å². The van der Waals surface area contributed by atoms with Crippen LogP contribution in [0.5, 0.6) is 11.8 Å². The third kappa shape index (κ3) is 4.68. The van der Waals surface area contributed by atoms with E-state index in [2.05, 4.69) is 14.7 Å². The van der Waals surface area contributed by atoms with Gasteiger partial charge in [-0.15, -0.1) is 0 Å². The van der Waals surface area contributed by atoms with Gasteiger partial charge in [0.25, 0.3) is 0 Å². The number of aliphatic hydroxyl groups is 1. The van der Waals surface area contributed by atoms with Crippen LogP contribution in [0.2, 0.25) is 0 Å². The summed E-state index contributed by atoms with van der Waals surface area (Å²) in [4.78, 5) is 17.1. The van der Waals surface area contributed by atoms with Crippen LogP contribution in [0.25, 0.3) is 32.8 Å². The maximum atomic E-state index is 16.8. The van der Waals surface area contributed by atoms with E-state index in [9.17, 15) is 10.2 Å². The number of hydrogen-bond donors (Lipinski definition) is 2. The van der Waals surface area contributed by atoms with E-state index in [0.717, 1.165) is 81.4 Å². The lowest BCUT2D eigenvalue weighted by atomic mass is 9.95. The van der Waals surface area contributed by atoms with Gasteiger partial charge in [0.1, 0.15) is 23.7 Å². The highest BCUT2D eigenvalue weighted by Gasteiger charge is 2.45. The van der Waals surface area contributed by atoms with Crippen molar-refractivity contribution >= 4 is 27.5 Å². The van der Waals surface area contributed by atoms with Crippen molar-refractivity contribution in [3.63, 3.8) is 0 Å². The highest BCUT2D eigenvalue weighted by atomic mass is 19.1. The van der Waals surface area contributed by atoms with Gasteiger partial charge in [0.05, 0.1) is 5.54 Å². The average molecular weight is 598 g/mol. The number of benzene rings is 3. The van der Waals surface area contributed by atoms with Crippen LogP contribution in [0.15, 0.2) is 48.5 Å². The minimum Gasteiger partial charge on any atom is -0.508 e. The van der Waals surface area contributed by atoms with Gasteiger partial charge in [0.2, 0.25) is 0 Å². The molecule has 9 heteroatoms. The van der Waals surface area contributed by atoms with Crippen LogP contribution < -0.4 is 9.64 Å². The Balaban J connectivity index is 1.21. The quantitative estimate of drug-likeness (QED) is 0.282. The van der Waals surface area contributed by atoms with E-state index in [0.29, 0.717) is 35.2 Å². The number of aromatic nitrogens is 2. The molecule has 0 amide bonds. The first-order valence-electron chi connectivity index (χ1n) is 16.2. The first-order chi connectivity index (χ1) is 21.5. The molecule has 230 valence electrons. The van der Waals surface area contributed by atoms with E-state index in [1.807, 2.05) is 30.3 Å². The van der Waals surface area contributed by atoms with Gasteiger partial charge in [0, 0.05) is 49.3 Å². The summed E-state index contributed by atoms with van der Waals surface area (Å²) < 4.78 is 23.2. The summed E-state index contributed by atoms with van der Waals surface area (Å²) >= 11 is 0. The van der Waals surface area contributed by atoms with Gasteiger partial charge < -0.3 is 19.8 Å².